The molecule has 0 aliphatic carbocycles. The molecule has 5 nitrogen and oxygen atoms in total. The molecule has 2 N–H and O–H groups in total. The van der Waals surface area contributed by atoms with Gasteiger partial charge in [0.25, 0.3) is 0 Å². The molecule has 2 aromatic rings. The molecule has 0 amide bonds. The Morgan fingerprint density at radius 2 is 2.17 bits per heavy atom. The fourth-order valence-corrected chi connectivity index (χ4v) is 2.19. The molecule has 0 saturated carbocycles. The molecular formula is C19H23N3O2. The molecule has 5 heteroatoms. The number of hydrogen-bond donors (Lipinski definition) is 2. The smallest absolute Gasteiger partial charge is 0.204 e. The number of H-pyrrole nitrogens is 1. The number of phenols is 1. The third-order valence-corrected chi connectivity index (χ3v) is 3.65. The second-order valence-electron chi connectivity index (χ2n) is 6.66. The van der Waals surface area contributed by atoms with E-state index >= 15 is 0 Å². The van der Waals surface area contributed by atoms with E-state index < -0.39 is 0 Å². The van der Waals surface area contributed by atoms with Gasteiger partial charge in [-0.25, -0.2) is 0 Å². The number of aromatic hydroxyl groups is 1. The molecule has 126 valence electrons. The number of Topliss-reactive ketones (excluding diaryl/α,β-unsaturated/α-hetero) is 1. The van der Waals surface area contributed by atoms with Crippen LogP contribution in [0.4, 0.5) is 0 Å². The molecule has 0 atom stereocenters. The zero-order valence-electron chi connectivity index (χ0n) is 14.3. The van der Waals surface area contributed by atoms with Crippen molar-refractivity contribution in [3.05, 3.63) is 59.4 Å². The highest BCUT2D eigenvalue weighted by atomic mass is 16.3. The summed E-state index contributed by atoms with van der Waals surface area (Å²) in [6, 6.07) is 7.19. The number of allylic oxidation sites excluding steroid dienone is 1. The number of ketones is 1. The summed E-state index contributed by atoms with van der Waals surface area (Å²) in [7, 11) is 0. The van der Waals surface area contributed by atoms with Crippen LogP contribution in [0.15, 0.2) is 41.9 Å². The van der Waals surface area contributed by atoms with Crippen molar-refractivity contribution in [3.63, 3.8) is 0 Å². The molecule has 1 heterocycles. The summed E-state index contributed by atoms with van der Waals surface area (Å²) in [4.78, 5) is 16.3. The van der Waals surface area contributed by atoms with E-state index in [0.717, 1.165) is 11.3 Å². The number of para-hydroxylation sites is 1. The first-order valence-electron chi connectivity index (χ1n) is 7.83. The minimum absolute atomic E-state index is 0.0143. The molecule has 1 aromatic carbocycles. The molecule has 2 rings (SSSR count). The van der Waals surface area contributed by atoms with Crippen molar-refractivity contribution in [3.8, 4) is 5.75 Å². The Labute approximate surface area is 142 Å². The molecule has 1 aromatic heterocycles. The number of carbonyl (C=O) groups excluding carboxylic acids is 1. The van der Waals surface area contributed by atoms with Crippen LogP contribution >= 0.6 is 0 Å². The number of rotatable bonds is 6. The number of hydrogen-bond acceptors (Lipinski definition) is 4. The topological polar surface area (TPSA) is 78.3 Å². The number of nitrogens with zero attached hydrogens (tertiary/aromatic N) is 2. The van der Waals surface area contributed by atoms with E-state index in [1.165, 1.54) is 6.21 Å². The minimum Gasteiger partial charge on any atom is -0.507 e. The maximum Gasteiger partial charge on any atom is 0.204 e. The van der Waals surface area contributed by atoms with Gasteiger partial charge in [-0.2, -0.15) is 5.10 Å². The minimum atomic E-state index is -0.167. The lowest BCUT2D eigenvalue weighted by Gasteiger charge is -2.14. The van der Waals surface area contributed by atoms with Crippen LogP contribution in [0.5, 0.6) is 5.75 Å². The van der Waals surface area contributed by atoms with Crippen LogP contribution in [-0.4, -0.2) is 33.8 Å². The Balaban J connectivity index is 2.06. The van der Waals surface area contributed by atoms with E-state index in [-0.39, 0.29) is 23.5 Å². The fourth-order valence-electron chi connectivity index (χ4n) is 2.19. The first-order valence-corrected chi connectivity index (χ1v) is 7.83. The second-order valence-corrected chi connectivity index (χ2v) is 6.66. The Morgan fingerprint density at radius 1 is 1.42 bits per heavy atom. The number of aromatic nitrogens is 2. The van der Waals surface area contributed by atoms with Gasteiger partial charge >= 0.3 is 0 Å². The molecular weight excluding hydrogens is 302 g/mol. The Morgan fingerprint density at radius 3 is 2.79 bits per heavy atom. The monoisotopic (exact) mass is 325 g/mol. The highest BCUT2D eigenvalue weighted by Gasteiger charge is 2.19. The van der Waals surface area contributed by atoms with E-state index in [1.807, 2.05) is 32.9 Å². The van der Waals surface area contributed by atoms with E-state index in [2.05, 4.69) is 21.8 Å². The van der Waals surface area contributed by atoms with Gasteiger partial charge in [0.2, 0.25) is 5.78 Å². The average Bonchev–Trinajstić information content (AvgIpc) is 3.01. The Bertz CT molecular complexity index is 767. The molecule has 0 aliphatic rings. The predicted molar refractivity (Wildman–Crippen MR) is 96.1 cm³/mol. The van der Waals surface area contributed by atoms with Gasteiger partial charge in [0.15, 0.2) is 0 Å². The number of aliphatic imine (C=N–C) groups is 1. The average molecular weight is 325 g/mol. The number of carbonyl (C=O) groups is 1. The van der Waals surface area contributed by atoms with Gasteiger partial charge in [-0.3, -0.25) is 14.9 Å². The molecule has 0 fully saturated rings. The molecule has 0 saturated heterocycles. The van der Waals surface area contributed by atoms with Gasteiger partial charge < -0.3 is 5.11 Å². The quantitative estimate of drug-likeness (QED) is 0.485. The first kappa shape index (κ1) is 17.7. The summed E-state index contributed by atoms with van der Waals surface area (Å²) in [5.41, 5.74) is 2.56. The largest absolute Gasteiger partial charge is 0.507 e. The fraction of sp³-hybridized carbons (Fsp3) is 0.316. The molecule has 0 aliphatic heterocycles. The van der Waals surface area contributed by atoms with Gasteiger partial charge in [0.1, 0.15) is 18.0 Å². The van der Waals surface area contributed by atoms with Crippen LogP contribution in [0.25, 0.3) is 0 Å². The summed E-state index contributed by atoms with van der Waals surface area (Å²) in [5, 5.41) is 17.1. The van der Waals surface area contributed by atoms with Crippen molar-refractivity contribution in [1.29, 1.82) is 0 Å². The van der Waals surface area contributed by atoms with Crippen molar-refractivity contribution in [2.45, 2.75) is 32.6 Å². The van der Waals surface area contributed by atoms with Crippen LogP contribution in [0.2, 0.25) is 0 Å². The summed E-state index contributed by atoms with van der Waals surface area (Å²) in [6.45, 7) is 9.79. The third kappa shape index (κ3) is 4.19. The van der Waals surface area contributed by atoms with E-state index in [0.29, 0.717) is 17.7 Å². The standard InChI is InChI=1S/C19H23N3O2/c1-5-7-13-8-6-9-14(18(13)24)11-20-12-16(23)15-10-17(22-21-15)19(2,3)4/h5-6,8-11,24H,1,7,12H2,2-4H3,(H,21,22). The summed E-state index contributed by atoms with van der Waals surface area (Å²) < 4.78 is 0. The normalized spacial score (nSPS) is 11.8. The summed E-state index contributed by atoms with van der Waals surface area (Å²) in [5.74, 6) is 0.00289. The van der Waals surface area contributed by atoms with Gasteiger partial charge in [-0.1, -0.05) is 39.0 Å². The van der Waals surface area contributed by atoms with E-state index in [9.17, 15) is 9.90 Å². The predicted octanol–water partition coefficient (Wildman–Crippen LogP) is 3.44. The molecule has 0 radical (unpaired) electrons. The van der Waals surface area contributed by atoms with Crippen LogP contribution in [0, 0.1) is 0 Å². The number of aromatic amines is 1. The van der Waals surface area contributed by atoms with Gasteiger partial charge in [-0.05, 0) is 24.1 Å². The zero-order valence-corrected chi connectivity index (χ0v) is 14.3. The van der Waals surface area contributed by atoms with Crippen LogP contribution in [0.3, 0.4) is 0 Å². The van der Waals surface area contributed by atoms with Crippen LogP contribution in [0.1, 0.15) is 48.1 Å². The van der Waals surface area contributed by atoms with E-state index in [4.69, 9.17) is 0 Å². The first-order chi connectivity index (χ1) is 11.3. The van der Waals surface area contributed by atoms with Gasteiger partial charge in [-0.15, -0.1) is 6.58 Å². The van der Waals surface area contributed by atoms with Crippen LogP contribution < -0.4 is 0 Å². The van der Waals surface area contributed by atoms with Crippen molar-refractivity contribution in [1.82, 2.24) is 10.2 Å². The zero-order chi connectivity index (χ0) is 17.7. The summed E-state index contributed by atoms with van der Waals surface area (Å²) in [6.07, 6.45) is 3.82. The SMILES string of the molecule is C=CCc1cccc(C=NCC(=O)c2cc(C(C)(C)C)[nH]n2)c1O. The molecule has 0 bridgehead atoms. The third-order valence-electron chi connectivity index (χ3n) is 3.65. The Kier molecular flexibility index (Phi) is 5.34. The highest BCUT2D eigenvalue weighted by Crippen LogP contribution is 2.22. The van der Waals surface area contributed by atoms with Gasteiger partial charge in [0.05, 0.1) is 0 Å². The summed E-state index contributed by atoms with van der Waals surface area (Å²) >= 11 is 0. The van der Waals surface area contributed by atoms with Crippen molar-refractivity contribution in [2.75, 3.05) is 6.54 Å². The van der Waals surface area contributed by atoms with Crippen molar-refractivity contribution >= 4 is 12.0 Å². The maximum atomic E-state index is 12.2. The van der Waals surface area contributed by atoms with Gasteiger partial charge in [0, 0.05) is 22.9 Å². The number of nitrogens with one attached hydrogen (secondary N) is 1. The van der Waals surface area contributed by atoms with Crippen LogP contribution in [-0.2, 0) is 11.8 Å². The van der Waals surface area contributed by atoms with Crippen molar-refractivity contribution in [2.24, 2.45) is 4.99 Å². The number of benzene rings is 1. The lowest BCUT2D eigenvalue weighted by Crippen LogP contribution is -2.11. The lowest BCUT2D eigenvalue weighted by molar-refractivity contribution is 0.0997. The molecule has 0 spiro atoms. The molecule has 0 unspecified atom stereocenters. The van der Waals surface area contributed by atoms with Crippen molar-refractivity contribution < 1.29 is 9.90 Å². The van der Waals surface area contributed by atoms with E-state index in [1.54, 1.807) is 18.2 Å². The highest BCUT2D eigenvalue weighted by molar-refractivity contribution is 5.97. The second kappa shape index (κ2) is 7.25. The maximum absolute atomic E-state index is 12.2. The lowest BCUT2D eigenvalue weighted by atomic mass is 9.92. The Hall–Kier alpha value is -2.69. The molecule has 24 heavy (non-hydrogen) atoms. The number of phenolic OH excluding ortho intramolecular Hbond substituents is 1.